The first-order chi connectivity index (χ1) is 7.04. The van der Waals surface area contributed by atoms with Crippen molar-refractivity contribution in [2.24, 2.45) is 0 Å². The minimum Gasteiger partial charge on any atom is -0.383 e. The predicted molar refractivity (Wildman–Crippen MR) is 61.9 cm³/mol. The number of aliphatic hydroxyl groups is 1. The van der Waals surface area contributed by atoms with Crippen LogP contribution < -0.4 is 5.32 Å². The largest absolute Gasteiger partial charge is 0.383 e. The number of nitrogens with one attached hydrogen (secondary N) is 1. The Bertz CT molecular complexity index is 375. The SMILES string of the molecule is Cc1ccc(C)c(C2(O)CCNC2C)c1. The predicted octanol–water partition coefficient (Wildman–Crippen LogP) is 1.87. The van der Waals surface area contributed by atoms with Crippen LogP contribution >= 0.6 is 0 Å². The average molecular weight is 205 g/mol. The Morgan fingerprint density at radius 2 is 2.13 bits per heavy atom. The first kappa shape index (κ1) is 10.7. The molecule has 2 atom stereocenters. The summed E-state index contributed by atoms with van der Waals surface area (Å²) >= 11 is 0. The molecule has 2 heteroatoms. The lowest BCUT2D eigenvalue weighted by molar-refractivity contribution is 0.0286. The van der Waals surface area contributed by atoms with Crippen LogP contribution in [0.4, 0.5) is 0 Å². The van der Waals surface area contributed by atoms with Crippen molar-refractivity contribution < 1.29 is 5.11 Å². The number of hydrogen-bond donors (Lipinski definition) is 2. The van der Waals surface area contributed by atoms with E-state index in [2.05, 4.69) is 44.3 Å². The van der Waals surface area contributed by atoms with E-state index in [0.29, 0.717) is 0 Å². The van der Waals surface area contributed by atoms with Crippen LogP contribution in [0.5, 0.6) is 0 Å². The van der Waals surface area contributed by atoms with E-state index in [1.165, 1.54) is 11.1 Å². The van der Waals surface area contributed by atoms with Gasteiger partial charge in [-0.3, -0.25) is 0 Å². The third-order valence-corrected chi connectivity index (χ3v) is 3.53. The van der Waals surface area contributed by atoms with E-state index >= 15 is 0 Å². The highest BCUT2D eigenvalue weighted by atomic mass is 16.3. The van der Waals surface area contributed by atoms with Gasteiger partial charge in [-0.25, -0.2) is 0 Å². The maximum absolute atomic E-state index is 10.7. The molecule has 1 aromatic rings. The smallest absolute Gasteiger partial charge is 0.106 e. The zero-order valence-corrected chi connectivity index (χ0v) is 9.67. The highest BCUT2D eigenvalue weighted by molar-refractivity contribution is 5.36. The van der Waals surface area contributed by atoms with Crippen molar-refractivity contribution in [1.29, 1.82) is 0 Å². The van der Waals surface area contributed by atoms with Crippen molar-refractivity contribution in [3.8, 4) is 0 Å². The maximum Gasteiger partial charge on any atom is 0.106 e. The minimum atomic E-state index is -0.684. The van der Waals surface area contributed by atoms with Gasteiger partial charge in [0.25, 0.3) is 0 Å². The number of benzene rings is 1. The van der Waals surface area contributed by atoms with E-state index in [1.54, 1.807) is 0 Å². The Morgan fingerprint density at radius 3 is 2.73 bits per heavy atom. The average Bonchev–Trinajstić information content (AvgIpc) is 2.52. The molecule has 1 aromatic carbocycles. The summed E-state index contributed by atoms with van der Waals surface area (Å²) in [5.74, 6) is 0. The third kappa shape index (κ3) is 1.68. The summed E-state index contributed by atoms with van der Waals surface area (Å²) in [7, 11) is 0. The fourth-order valence-electron chi connectivity index (χ4n) is 2.43. The van der Waals surface area contributed by atoms with Gasteiger partial charge >= 0.3 is 0 Å². The molecule has 1 heterocycles. The van der Waals surface area contributed by atoms with Gasteiger partial charge in [-0.2, -0.15) is 0 Å². The summed E-state index contributed by atoms with van der Waals surface area (Å²) in [5.41, 5.74) is 2.79. The second-order valence-corrected chi connectivity index (χ2v) is 4.67. The lowest BCUT2D eigenvalue weighted by Crippen LogP contribution is -2.38. The summed E-state index contributed by atoms with van der Waals surface area (Å²) in [6, 6.07) is 6.43. The zero-order chi connectivity index (χ0) is 11.1. The van der Waals surface area contributed by atoms with E-state index in [4.69, 9.17) is 0 Å². The van der Waals surface area contributed by atoms with Crippen molar-refractivity contribution in [2.45, 2.75) is 38.8 Å². The van der Waals surface area contributed by atoms with Crippen molar-refractivity contribution in [1.82, 2.24) is 5.32 Å². The van der Waals surface area contributed by atoms with E-state index in [-0.39, 0.29) is 6.04 Å². The Labute approximate surface area is 91.3 Å². The fraction of sp³-hybridized carbons (Fsp3) is 0.538. The number of rotatable bonds is 1. The highest BCUT2D eigenvalue weighted by Crippen LogP contribution is 2.34. The van der Waals surface area contributed by atoms with Crippen LogP contribution in [0.1, 0.15) is 30.0 Å². The monoisotopic (exact) mass is 205 g/mol. The molecule has 15 heavy (non-hydrogen) atoms. The Balaban J connectivity index is 2.48. The second kappa shape index (κ2) is 3.62. The van der Waals surface area contributed by atoms with Gasteiger partial charge in [0.15, 0.2) is 0 Å². The van der Waals surface area contributed by atoms with Crippen LogP contribution in [0.2, 0.25) is 0 Å². The molecule has 1 fully saturated rings. The summed E-state index contributed by atoms with van der Waals surface area (Å²) < 4.78 is 0. The van der Waals surface area contributed by atoms with Gasteiger partial charge in [-0.05, 0) is 44.9 Å². The maximum atomic E-state index is 10.7. The molecule has 0 aliphatic carbocycles. The van der Waals surface area contributed by atoms with Gasteiger partial charge < -0.3 is 10.4 Å². The zero-order valence-electron chi connectivity index (χ0n) is 9.67. The summed E-state index contributed by atoms with van der Waals surface area (Å²) in [5, 5.41) is 14.0. The van der Waals surface area contributed by atoms with Crippen molar-refractivity contribution in [2.75, 3.05) is 6.54 Å². The van der Waals surface area contributed by atoms with Crippen LogP contribution in [0.25, 0.3) is 0 Å². The van der Waals surface area contributed by atoms with Crippen molar-refractivity contribution in [3.05, 3.63) is 34.9 Å². The standard InChI is InChI=1S/C13H19NO/c1-9-4-5-10(2)12(8-9)13(15)6-7-14-11(13)3/h4-5,8,11,14-15H,6-7H2,1-3H3. The lowest BCUT2D eigenvalue weighted by Gasteiger charge is -2.29. The highest BCUT2D eigenvalue weighted by Gasteiger charge is 2.40. The Hall–Kier alpha value is -0.860. The van der Waals surface area contributed by atoms with Crippen LogP contribution in [0.3, 0.4) is 0 Å². The normalized spacial score (nSPS) is 30.8. The first-order valence-electron chi connectivity index (χ1n) is 5.57. The lowest BCUT2D eigenvalue weighted by atomic mass is 9.84. The van der Waals surface area contributed by atoms with Gasteiger partial charge in [0.2, 0.25) is 0 Å². The van der Waals surface area contributed by atoms with Gasteiger partial charge in [0, 0.05) is 6.04 Å². The molecular weight excluding hydrogens is 186 g/mol. The quantitative estimate of drug-likeness (QED) is 0.733. The van der Waals surface area contributed by atoms with E-state index in [0.717, 1.165) is 18.5 Å². The van der Waals surface area contributed by atoms with E-state index < -0.39 is 5.60 Å². The van der Waals surface area contributed by atoms with Gasteiger partial charge in [-0.15, -0.1) is 0 Å². The summed E-state index contributed by atoms with van der Waals surface area (Å²) in [6.45, 7) is 7.08. The molecule has 0 aromatic heterocycles. The van der Waals surface area contributed by atoms with Crippen LogP contribution in [0, 0.1) is 13.8 Å². The molecule has 0 radical (unpaired) electrons. The van der Waals surface area contributed by atoms with Crippen LogP contribution in [-0.4, -0.2) is 17.7 Å². The fourth-order valence-corrected chi connectivity index (χ4v) is 2.43. The molecule has 1 aliphatic rings. The molecule has 0 saturated carbocycles. The van der Waals surface area contributed by atoms with Crippen molar-refractivity contribution >= 4 is 0 Å². The summed E-state index contributed by atoms with van der Waals surface area (Å²) in [6.07, 6.45) is 0.804. The van der Waals surface area contributed by atoms with Gasteiger partial charge in [0.05, 0.1) is 0 Å². The minimum absolute atomic E-state index is 0.137. The first-order valence-corrected chi connectivity index (χ1v) is 5.57. The molecule has 2 N–H and O–H groups in total. The van der Waals surface area contributed by atoms with E-state index in [1.807, 2.05) is 0 Å². The Kier molecular flexibility index (Phi) is 2.57. The van der Waals surface area contributed by atoms with E-state index in [9.17, 15) is 5.11 Å². The molecule has 1 aliphatic heterocycles. The molecule has 2 unspecified atom stereocenters. The summed E-state index contributed by atoms with van der Waals surface area (Å²) in [4.78, 5) is 0. The third-order valence-electron chi connectivity index (χ3n) is 3.53. The van der Waals surface area contributed by atoms with Gasteiger partial charge in [0.1, 0.15) is 5.60 Å². The molecule has 2 nitrogen and oxygen atoms in total. The molecule has 0 spiro atoms. The molecule has 0 amide bonds. The van der Waals surface area contributed by atoms with Crippen LogP contribution in [0.15, 0.2) is 18.2 Å². The second-order valence-electron chi connectivity index (χ2n) is 4.67. The van der Waals surface area contributed by atoms with Crippen LogP contribution in [-0.2, 0) is 5.60 Å². The molecule has 82 valence electrons. The topological polar surface area (TPSA) is 32.3 Å². The molecule has 1 saturated heterocycles. The van der Waals surface area contributed by atoms with Crippen molar-refractivity contribution in [3.63, 3.8) is 0 Å². The number of hydrogen-bond acceptors (Lipinski definition) is 2. The molecule has 0 bridgehead atoms. The number of aryl methyl sites for hydroxylation is 2. The molecule has 2 rings (SSSR count). The molecular formula is C13H19NO. The van der Waals surface area contributed by atoms with Gasteiger partial charge in [-0.1, -0.05) is 23.8 Å². The Morgan fingerprint density at radius 1 is 1.40 bits per heavy atom.